The summed E-state index contributed by atoms with van der Waals surface area (Å²) in [5, 5.41) is 3.26. The molecule has 7 nitrogen and oxygen atoms in total. The number of nitrogens with one attached hydrogen (secondary N) is 2. The van der Waals surface area contributed by atoms with Gasteiger partial charge in [-0.1, -0.05) is 29.8 Å². The molecule has 0 spiro atoms. The van der Waals surface area contributed by atoms with Gasteiger partial charge in [-0.3, -0.25) is 0 Å². The maximum atomic E-state index is 12.6. The number of ether oxygens (including phenoxy) is 1. The third kappa shape index (κ3) is 5.44. The third-order valence-electron chi connectivity index (χ3n) is 5.25. The number of anilines is 1. The van der Waals surface area contributed by atoms with Crippen molar-refractivity contribution in [1.29, 1.82) is 0 Å². The van der Waals surface area contributed by atoms with E-state index in [1.807, 2.05) is 12.1 Å². The van der Waals surface area contributed by atoms with Crippen molar-refractivity contribution >= 4 is 33.3 Å². The van der Waals surface area contributed by atoms with Gasteiger partial charge in [0.2, 0.25) is 10.0 Å². The van der Waals surface area contributed by atoms with Crippen LogP contribution >= 0.6 is 11.6 Å². The Morgan fingerprint density at radius 2 is 1.90 bits per heavy atom. The quantitative estimate of drug-likeness (QED) is 0.697. The Morgan fingerprint density at radius 3 is 2.60 bits per heavy atom. The number of hydrogen-bond acceptors (Lipinski definition) is 4. The topological polar surface area (TPSA) is 87.7 Å². The number of carbonyl (C=O) groups is 1. The molecular formula is C21H26ClN3O4S. The number of benzene rings is 2. The fraction of sp³-hybridized carbons (Fsp3) is 0.381. The number of methoxy groups -OCH3 is 1. The van der Waals surface area contributed by atoms with E-state index >= 15 is 0 Å². The average molecular weight is 452 g/mol. The number of likely N-dealkylation sites (tertiary alicyclic amines) is 1. The maximum Gasteiger partial charge on any atom is 0.321 e. The van der Waals surface area contributed by atoms with E-state index in [1.54, 1.807) is 43.2 Å². The van der Waals surface area contributed by atoms with Crippen molar-refractivity contribution < 1.29 is 17.9 Å². The van der Waals surface area contributed by atoms with Gasteiger partial charge >= 0.3 is 6.03 Å². The van der Waals surface area contributed by atoms with E-state index in [9.17, 15) is 13.2 Å². The zero-order chi connectivity index (χ0) is 21.7. The van der Waals surface area contributed by atoms with Gasteiger partial charge in [-0.25, -0.2) is 17.9 Å². The van der Waals surface area contributed by atoms with Gasteiger partial charge in [0, 0.05) is 24.7 Å². The number of aryl methyl sites for hydroxylation is 1. The number of amides is 2. The molecule has 0 bridgehead atoms. The van der Waals surface area contributed by atoms with Gasteiger partial charge in [0.05, 0.1) is 17.7 Å². The number of rotatable bonds is 6. The molecule has 0 saturated carbocycles. The van der Waals surface area contributed by atoms with E-state index in [0.717, 1.165) is 12.8 Å². The van der Waals surface area contributed by atoms with Crippen LogP contribution in [-0.4, -0.2) is 46.1 Å². The lowest BCUT2D eigenvalue weighted by Crippen LogP contribution is -2.43. The molecule has 3 rings (SSSR count). The Morgan fingerprint density at radius 1 is 1.20 bits per heavy atom. The SMILES string of the molecule is COc1ccccc1NC(=O)N1CCC(CNS(=O)(=O)c2cc(Cl)ccc2C)CC1. The molecule has 2 aromatic carbocycles. The van der Waals surface area contributed by atoms with Crippen LogP contribution < -0.4 is 14.8 Å². The largest absolute Gasteiger partial charge is 0.495 e. The summed E-state index contributed by atoms with van der Waals surface area (Å²) >= 11 is 5.95. The van der Waals surface area contributed by atoms with Crippen molar-refractivity contribution in [3.63, 3.8) is 0 Å². The highest BCUT2D eigenvalue weighted by atomic mass is 35.5. The standard InChI is InChI=1S/C21H26ClN3O4S/c1-15-7-8-17(22)13-20(15)30(27,28)23-14-16-9-11-25(12-10-16)21(26)24-18-5-3-4-6-19(18)29-2/h3-8,13,16,23H,9-12,14H2,1-2H3,(H,24,26). The lowest BCUT2D eigenvalue weighted by molar-refractivity contribution is 0.183. The van der Waals surface area contributed by atoms with Gasteiger partial charge in [0.1, 0.15) is 5.75 Å². The molecule has 2 N–H and O–H groups in total. The maximum absolute atomic E-state index is 12.6. The second-order valence-corrected chi connectivity index (χ2v) is 9.49. The summed E-state index contributed by atoms with van der Waals surface area (Å²) in [7, 11) is -2.07. The van der Waals surface area contributed by atoms with E-state index < -0.39 is 10.0 Å². The highest BCUT2D eigenvalue weighted by Crippen LogP contribution is 2.25. The van der Waals surface area contributed by atoms with Crippen molar-refractivity contribution in [2.45, 2.75) is 24.7 Å². The second-order valence-electron chi connectivity index (χ2n) is 7.32. The molecule has 0 aliphatic carbocycles. The number of sulfonamides is 1. The zero-order valence-corrected chi connectivity index (χ0v) is 18.6. The number of urea groups is 1. The van der Waals surface area contributed by atoms with E-state index in [0.29, 0.717) is 41.7 Å². The lowest BCUT2D eigenvalue weighted by Gasteiger charge is -2.32. The predicted molar refractivity (Wildman–Crippen MR) is 118 cm³/mol. The van der Waals surface area contributed by atoms with E-state index in [-0.39, 0.29) is 16.8 Å². The first-order chi connectivity index (χ1) is 14.3. The summed E-state index contributed by atoms with van der Waals surface area (Å²) in [6.07, 6.45) is 1.44. The minimum absolute atomic E-state index is 0.162. The molecule has 1 fully saturated rings. The molecule has 0 atom stereocenters. The van der Waals surface area contributed by atoms with Crippen LogP contribution in [0.15, 0.2) is 47.4 Å². The molecule has 30 heavy (non-hydrogen) atoms. The van der Waals surface area contributed by atoms with Crippen LogP contribution in [0.5, 0.6) is 5.75 Å². The van der Waals surface area contributed by atoms with Gasteiger partial charge in [-0.05, 0) is 55.5 Å². The Kier molecular flexibility index (Phi) is 7.23. The Bertz CT molecular complexity index is 1010. The minimum Gasteiger partial charge on any atom is -0.495 e. The number of hydrogen-bond donors (Lipinski definition) is 2. The van der Waals surface area contributed by atoms with Crippen LogP contribution in [0.4, 0.5) is 10.5 Å². The molecule has 1 heterocycles. The first kappa shape index (κ1) is 22.4. The number of nitrogens with zero attached hydrogens (tertiary/aromatic N) is 1. The smallest absolute Gasteiger partial charge is 0.321 e. The number of piperidine rings is 1. The summed E-state index contributed by atoms with van der Waals surface area (Å²) in [5.41, 5.74) is 1.27. The summed E-state index contributed by atoms with van der Waals surface area (Å²) in [6, 6.07) is 11.9. The zero-order valence-electron chi connectivity index (χ0n) is 17.0. The van der Waals surface area contributed by atoms with Gasteiger partial charge in [0.25, 0.3) is 0 Å². The molecule has 0 unspecified atom stereocenters. The van der Waals surface area contributed by atoms with Crippen molar-refractivity contribution in [3.05, 3.63) is 53.1 Å². The fourth-order valence-corrected chi connectivity index (χ4v) is 5.07. The fourth-order valence-electron chi connectivity index (χ4n) is 3.45. The number of carbonyl (C=O) groups excluding carboxylic acids is 1. The summed E-state index contributed by atoms with van der Waals surface area (Å²) in [4.78, 5) is 14.5. The van der Waals surface area contributed by atoms with Crippen LogP contribution in [-0.2, 0) is 10.0 Å². The first-order valence-electron chi connectivity index (χ1n) is 9.75. The molecule has 1 aliphatic heterocycles. The predicted octanol–water partition coefficient (Wildman–Crippen LogP) is 3.88. The highest BCUT2D eigenvalue weighted by Gasteiger charge is 2.25. The summed E-state index contributed by atoms with van der Waals surface area (Å²) in [5.74, 6) is 0.765. The molecule has 0 aromatic heterocycles. The van der Waals surface area contributed by atoms with Crippen molar-refractivity contribution in [2.75, 3.05) is 32.1 Å². The molecule has 1 saturated heterocycles. The van der Waals surface area contributed by atoms with Gasteiger partial charge in [0.15, 0.2) is 0 Å². The molecule has 2 amide bonds. The molecule has 9 heteroatoms. The molecule has 2 aromatic rings. The Labute approximate surface area is 182 Å². The Hall–Kier alpha value is -2.29. The highest BCUT2D eigenvalue weighted by molar-refractivity contribution is 7.89. The van der Waals surface area contributed by atoms with Crippen molar-refractivity contribution in [3.8, 4) is 5.75 Å². The number of halogens is 1. The van der Waals surface area contributed by atoms with Crippen molar-refractivity contribution in [1.82, 2.24) is 9.62 Å². The van der Waals surface area contributed by atoms with Gasteiger partial charge in [-0.2, -0.15) is 0 Å². The minimum atomic E-state index is -3.63. The average Bonchev–Trinajstić information content (AvgIpc) is 2.74. The Balaban J connectivity index is 1.52. The van der Waals surface area contributed by atoms with Crippen LogP contribution in [0.25, 0.3) is 0 Å². The van der Waals surface area contributed by atoms with Gasteiger partial charge in [-0.15, -0.1) is 0 Å². The monoisotopic (exact) mass is 451 g/mol. The van der Waals surface area contributed by atoms with Crippen molar-refractivity contribution in [2.24, 2.45) is 5.92 Å². The van der Waals surface area contributed by atoms with Crippen LogP contribution in [0, 0.1) is 12.8 Å². The third-order valence-corrected chi connectivity index (χ3v) is 7.05. The molecule has 1 aliphatic rings. The van der Waals surface area contributed by atoms with Crippen LogP contribution in [0.3, 0.4) is 0 Å². The van der Waals surface area contributed by atoms with Gasteiger partial charge < -0.3 is 15.0 Å². The van der Waals surface area contributed by atoms with E-state index in [1.165, 1.54) is 6.07 Å². The van der Waals surface area contributed by atoms with E-state index in [2.05, 4.69) is 10.0 Å². The first-order valence-corrected chi connectivity index (χ1v) is 11.6. The molecule has 162 valence electrons. The number of para-hydroxylation sites is 2. The summed E-state index contributed by atoms with van der Waals surface area (Å²) < 4.78 is 33.2. The van der Waals surface area contributed by atoms with E-state index in [4.69, 9.17) is 16.3 Å². The summed E-state index contributed by atoms with van der Waals surface area (Å²) in [6.45, 7) is 3.19. The molecule has 0 radical (unpaired) electrons. The normalized spacial score (nSPS) is 15.1. The van der Waals surface area contributed by atoms with Crippen LogP contribution in [0.1, 0.15) is 18.4 Å². The second kappa shape index (κ2) is 9.68. The molecular weight excluding hydrogens is 426 g/mol. The van der Waals surface area contributed by atoms with Crippen LogP contribution in [0.2, 0.25) is 5.02 Å². The lowest BCUT2D eigenvalue weighted by atomic mass is 9.97.